The van der Waals surface area contributed by atoms with E-state index in [0.29, 0.717) is 17.4 Å². The number of hydrogen-bond acceptors (Lipinski definition) is 8. The molecule has 2 atom stereocenters. The lowest BCUT2D eigenvalue weighted by Crippen LogP contribution is -2.44. The fourth-order valence-electron chi connectivity index (χ4n) is 11.8. The minimum atomic E-state index is -1.62. The second kappa shape index (κ2) is 69.7. The number of ether oxygens (including phenoxy) is 4. The number of esters is 2. The third kappa shape index (κ3) is 71.1. The van der Waals surface area contributed by atoms with Gasteiger partial charge in [0.1, 0.15) is 13.2 Å². The molecule has 0 bridgehead atoms. The molecule has 9 heteroatoms. The molecule has 0 spiro atoms. The molecule has 9 nitrogen and oxygen atoms in total. The fraction of sp³-hybridized carbons (Fsp3) is 0.910. The first-order valence-electron chi connectivity index (χ1n) is 38.5. The zero-order valence-corrected chi connectivity index (χ0v) is 58.9. The molecule has 0 rings (SSSR count). The summed E-state index contributed by atoms with van der Waals surface area (Å²) in [7, 11) is 5.95. The van der Waals surface area contributed by atoms with Gasteiger partial charge in [0.15, 0.2) is 12.4 Å². The van der Waals surface area contributed by atoms with Gasteiger partial charge in [0.25, 0.3) is 0 Å². The minimum absolute atomic E-state index is 0.152. The van der Waals surface area contributed by atoms with E-state index in [4.69, 9.17) is 18.9 Å². The van der Waals surface area contributed by atoms with E-state index < -0.39 is 24.3 Å². The number of rotatable bonds is 73. The van der Waals surface area contributed by atoms with Crippen LogP contribution in [0.3, 0.4) is 0 Å². The van der Waals surface area contributed by atoms with Crippen LogP contribution in [0.4, 0.5) is 0 Å². The second-order valence-corrected chi connectivity index (χ2v) is 27.7. The summed E-state index contributed by atoms with van der Waals surface area (Å²) in [6.45, 7) is 4.82. The maximum Gasteiger partial charge on any atom is 0.306 e. The monoisotopic (exact) mass is 1230 g/mol. The summed E-state index contributed by atoms with van der Waals surface area (Å²) in [5.74, 6) is -2.25. The van der Waals surface area contributed by atoms with Crippen LogP contribution >= 0.6 is 0 Å². The van der Waals surface area contributed by atoms with E-state index in [2.05, 4.69) is 38.2 Å². The molecule has 0 aliphatic rings. The van der Waals surface area contributed by atoms with Crippen LogP contribution in [-0.2, 0) is 33.3 Å². The summed E-state index contributed by atoms with van der Waals surface area (Å²) in [6.07, 6.45) is 84.4. The maximum absolute atomic E-state index is 13.0. The van der Waals surface area contributed by atoms with Crippen molar-refractivity contribution in [3.63, 3.8) is 0 Å². The largest absolute Gasteiger partial charge is 0.545 e. The highest BCUT2D eigenvalue weighted by Gasteiger charge is 2.22. The van der Waals surface area contributed by atoms with Crippen LogP contribution < -0.4 is 5.11 Å². The van der Waals surface area contributed by atoms with Crippen LogP contribution in [0.25, 0.3) is 0 Å². The average Bonchev–Trinajstić information content (AvgIpc) is 3.57. The Labute approximate surface area is 541 Å². The molecule has 0 aromatic heterocycles. The standard InChI is InChI=1S/C78H149NO8/c1-6-8-10-12-14-16-18-20-22-24-26-28-30-32-33-34-35-36-37-38-39-40-41-42-43-45-47-49-51-53-55-57-59-61-63-65-67-69-76(81)87-74(73-86-78(77(82)83)84-71-70-79(3,4)5)72-85-75(80)68-66-64-62-60-58-56-54-52-50-48-46-44-31-29-27-25-23-21-19-17-15-13-11-9-7-2/h18,20,24,26,74,78H,6-17,19,21-23,25,27-73H2,1-5H3/b20-18-,26-24-. The zero-order valence-electron chi connectivity index (χ0n) is 58.9. The number of likely N-dealkylation sites (N-methyl/N-ethyl adjacent to an activating group) is 1. The summed E-state index contributed by atoms with van der Waals surface area (Å²) in [5.41, 5.74) is 0. The number of carbonyl (C=O) groups is 3. The van der Waals surface area contributed by atoms with E-state index in [9.17, 15) is 19.5 Å². The van der Waals surface area contributed by atoms with Crippen LogP contribution in [-0.4, -0.2) is 82.3 Å². The Balaban J connectivity index is 3.97. The predicted octanol–water partition coefficient (Wildman–Crippen LogP) is 22.8. The van der Waals surface area contributed by atoms with Gasteiger partial charge in [0, 0.05) is 12.8 Å². The van der Waals surface area contributed by atoms with Crippen molar-refractivity contribution in [2.45, 2.75) is 411 Å². The summed E-state index contributed by atoms with van der Waals surface area (Å²) in [5, 5.41) is 11.8. The molecule has 0 aliphatic carbocycles. The quantitative estimate of drug-likeness (QED) is 0.0195. The first-order chi connectivity index (χ1) is 42.6. The molecule has 0 saturated heterocycles. The number of carboxylic acids is 1. The van der Waals surface area contributed by atoms with Crippen molar-refractivity contribution in [1.29, 1.82) is 0 Å². The lowest BCUT2D eigenvalue weighted by Gasteiger charge is -2.26. The van der Waals surface area contributed by atoms with Crippen molar-refractivity contribution in [2.24, 2.45) is 0 Å². The van der Waals surface area contributed by atoms with E-state index in [1.165, 1.54) is 327 Å². The van der Waals surface area contributed by atoms with Gasteiger partial charge in [0.05, 0.1) is 40.3 Å². The van der Waals surface area contributed by atoms with E-state index >= 15 is 0 Å². The van der Waals surface area contributed by atoms with E-state index in [1.807, 2.05) is 21.1 Å². The molecule has 0 saturated carbocycles. The number of allylic oxidation sites excluding steroid dienone is 4. The van der Waals surface area contributed by atoms with Crippen LogP contribution in [0, 0.1) is 0 Å². The van der Waals surface area contributed by atoms with Crippen molar-refractivity contribution < 1.29 is 42.9 Å². The van der Waals surface area contributed by atoms with E-state index in [1.54, 1.807) is 0 Å². The molecule has 0 aromatic carbocycles. The average molecular weight is 1230 g/mol. The molecule has 0 amide bonds. The molecule has 87 heavy (non-hydrogen) atoms. The van der Waals surface area contributed by atoms with Crippen LogP contribution in [0.15, 0.2) is 24.3 Å². The zero-order chi connectivity index (χ0) is 63.3. The molecule has 0 aliphatic heterocycles. The van der Waals surface area contributed by atoms with Gasteiger partial charge in [-0.15, -0.1) is 0 Å². The highest BCUT2D eigenvalue weighted by Crippen LogP contribution is 2.20. The number of hydrogen-bond donors (Lipinski definition) is 0. The van der Waals surface area contributed by atoms with Crippen molar-refractivity contribution in [2.75, 3.05) is 47.5 Å². The van der Waals surface area contributed by atoms with Crippen molar-refractivity contribution in [1.82, 2.24) is 0 Å². The molecular weight excluding hydrogens is 1080 g/mol. The van der Waals surface area contributed by atoms with Gasteiger partial charge in [0.2, 0.25) is 0 Å². The lowest BCUT2D eigenvalue weighted by molar-refractivity contribution is -0.870. The number of carbonyl (C=O) groups excluding carboxylic acids is 3. The molecule has 0 heterocycles. The molecule has 0 fully saturated rings. The first-order valence-corrected chi connectivity index (χ1v) is 38.5. The van der Waals surface area contributed by atoms with Gasteiger partial charge in [-0.2, -0.15) is 0 Å². The molecule has 0 radical (unpaired) electrons. The number of unbranched alkanes of at least 4 members (excludes halogenated alkanes) is 54. The van der Waals surface area contributed by atoms with Gasteiger partial charge >= 0.3 is 11.9 Å². The summed E-state index contributed by atoms with van der Waals surface area (Å²) < 4.78 is 22.9. The number of quaternary nitrogens is 1. The maximum atomic E-state index is 13.0. The van der Waals surface area contributed by atoms with Crippen molar-refractivity contribution in [3.8, 4) is 0 Å². The van der Waals surface area contributed by atoms with Crippen LogP contribution in [0.2, 0.25) is 0 Å². The topological polar surface area (TPSA) is 111 Å². The third-order valence-corrected chi connectivity index (χ3v) is 17.7. The SMILES string of the molecule is CCCCCCC/C=C\C/C=C\CCCCCCCCCCCCCCCCCCCCCCCCCCCC(=O)OC(COC(=O)CCCCCCCCCCCCCCCCCCCCCCCCCCC)COC(OCC[N+](C)(C)C)C(=O)[O-]. The summed E-state index contributed by atoms with van der Waals surface area (Å²) in [6, 6.07) is 0. The van der Waals surface area contributed by atoms with E-state index in [0.717, 1.165) is 44.9 Å². The van der Waals surface area contributed by atoms with Gasteiger partial charge < -0.3 is 33.3 Å². The summed E-state index contributed by atoms with van der Waals surface area (Å²) >= 11 is 0. The molecule has 2 unspecified atom stereocenters. The normalized spacial score (nSPS) is 12.7. The molecule has 514 valence electrons. The number of nitrogens with zero attached hydrogens (tertiary/aromatic N) is 1. The third-order valence-electron chi connectivity index (χ3n) is 17.7. The van der Waals surface area contributed by atoms with Crippen LogP contribution in [0.1, 0.15) is 399 Å². The number of carboxylic acid groups (broad SMARTS) is 1. The number of aliphatic carboxylic acids is 1. The predicted molar refractivity (Wildman–Crippen MR) is 371 cm³/mol. The highest BCUT2D eigenvalue weighted by molar-refractivity contribution is 5.70. The fourth-order valence-corrected chi connectivity index (χ4v) is 11.8. The Bertz CT molecular complexity index is 1480. The van der Waals surface area contributed by atoms with Gasteiger partial charge in [-0.25, -0.2) is 0 Å². The van der Waals surface area contributed by atoms with Gasteiger partial charge in [-0.05, 0) is 44.9 Å². The van der Waals surface area contributed by atoms with Gasteiger partial charge in [-0.3, -0.25) is 9.59 Å². The van der Waals surface area contributed by atoms with Crippen LogP contribution in [0.5, 0.6) is 0 Å². The Morgan fingerprint density at radius 2 is 0.621 bits per heavy atom. The Kier molecular flexibility index (Phi) is 67.9. The smallest absolute Gasteiger partial charge is 0.306 e. The molecular formula is C78H149NO8. The highest BCUT2D eigenvalue weighted by atomic mass is 16.7. The molecule has 0 aromatic rings. The van der Waals surface area contributed by atoms with E-state index in [-0.39, 0.29) is 32.2 Å². The summed E-state index contributed by atoms with van der Waals surface area (Å²) in [4.78, 5) is 37.5. The second-order valence-electron chi connectivity index (χ2n) is 27.7. The lowest BCUT2D eigenvalue weighted by atomic mass is 10.0. The first kappa shape index (κ1) is 84.8. The Morgan fingerprint density at radius 3 is 0.908 bits per heavy atom. The Morgan fingerprint density at radius 1 is 0.345 bits per heavy atom. The van der Waals surface area contributed by atoms with Crippen molar-refractivity contribution in [3.05, 3.63) is 24.3 Å². The van der Waals surface area contributed by atoms with Gasteiger partial charge in [-0.1, -0.05) is 366 Å². The Hall–Kier alpha value is -2.23. The minimum Gasteiger partial charge on any atom is -0.545 e. The molecule has 0 N–H and O–H groups in total. The van der Waals surface area contributed by atoms with Crippen molar-refractivity contribution >= 4 is 17.9 Å².